The second-order valence-electron chi connectivity index (χ2n) is 3.87. The summed E-state index contributed by atoms with van der Waals surface area (Å²) in [5, 5.41) is 0. The van der Waals surface area contributed by atoms with Crippen molar-refractivity contribution < 1.29 is 8.42 Å². The summed E-state index contributed by atoms with van der Waals surface area (Å²) in [4.78, 5) is 2.29. The van der Waals surface area contributed by atoms with Crippen LogP contribution in [0, 0.1) is 7.05 Å². The average Bonchev–Trinajstić information content (AvgIpc) is 2.37. The number of sulfone groups is 1. The Balaban J connectivity index is 2.42. The highest BCUT2D eigenvalue weighted by Gasteiger charge is 2.29. The second-order valence-corrected chi connectivity index (χ2v) is 5.75. The van der Waals surface area contributed by atoms with Gasteiger partial charge in [0.1, 0.15) is 0 Å². The van der Waals surface area contributed by atoms with Crippen LogP contribution in [0.5, 0.6) is 0 Å². The van der Waals surface area contributed by atoms with Crippen LogP contribution in [0.4, 0.5) is 11.4 Å². The third kappa shape index (κ3) is 1.31. The highest BCUT2D eigenvalue weighted by atomic mass is 32.2. The fourth-order valence-electron chi connectivity index (χ4n) is 2.06. The molecule has 0 aromatic heterocycles. The quantitative estimate of drug-likeness (QED) is 0.669. The van der Waals surface area contributed by atoms with Gasteiger partial charge in [0.25, 0.3) is 0 Å². The molecule has 86 valence electrons. The first-order chi connectivity index (χ1) is 8.12. The lowest BCUT2D eigenvalue weighted by Crippen LogP contribution is -2.20. The molecular formula is C13H10NO2S-. The van der Waals surface area contributed by atoms with Gasteiger partial charge in [0, 0.05) is 11.4 Å². The fraction of sp³-hybridized carbons (Fsp3) is 0. The van der Waals surface area contributed by atoms with Crippen molar-refractivity contribution in [1.29, 1.82) is 0 Å². The van der Waals surface area contributed by atoms with Gasteiger partial charge in [-0.25, -0.2) is 8.42 Å². The smallest absolute Gasteiger partial charge is 0.210 e. The summed E-state index contributed by atoms with van der Waals surface area (Å²) in [7, 11) is 0.499. The van der Waals surface area contributed by atoms with Crippen molar-refractivity contribution in [2.24, 2.45) is 0 Å². The molecule has 0 N–H and O–H groups in total. The highest BCUT2D eigenvalue weighted by molar-refractivity contribution is 7.92. The van der Waals surface area contributed by atoms with E-state index in [4.69, 9.17) is 0 Å². The summed E-state index contributed by atoms with van der Waals surface area (Å²) in [6, 6.07) is 13.8. The molecule has 3 rings (SSSR count). The molecule has 0 saturated carbocycles. The highest BCUT2D eigenvalue weighted by Crippen LogP contribution is 2.42. The normalized spacial score (nSPS) is 16.2. The minimum atomic E-state index is -3.42. The Morgan fingerprint density at radius 2 is 1.24 bits per heavy atom. The second kappa shape index (κ2) is 3.34. The minimum absolute atomic E-state index is 0.314. The summed E-state index contributed by atoms with van der Waals surface area (Å²) < 4.78 is 24.8. The molecule has 17 heavy (non-hydrogen) atoms. The van der Waals surface area contributed by atoms with Crippen molar-refractivity contribution in [2.45, 2.75) is 9.79 Å². The van der Waals surface area contributed by atoms with Crippen LogP contribution in [0.1, 0.15) is 0 Å². The van der Waals surface area contributed by atoms with Gasteiger partial charge in [-0.05, 0) is 24.3 Å². The van der Waals surface area contributed by atoms with E-state index in [9.17, 15) is 8.42 Å². The third-order valence-electron chi connectivity index (χ3n) is 2.89. The Morgan fingerprint density at radius 3 is 1.71 bits per heavy atom. The lowest BCUT2D eigenvalue weighted by molar-refractivity contribution is 0.595. The van der Waals surface area contributed by atoms with Crippen LogP contribution in [-0.4, -0.2) is 8.42 Å². The molecular weight excluding hydrogens is 234 g/mol. The molecule has 2 aromatic rings. The Labute approximate surface area is 100 Å². The van der Waals surface area contributed by atoms with Crippen molar-refractivity contribution in [2.75, 3.05) is 4.90 Å². The zero-order chi connectivity index (χ0) is 12.0. The van der Waals surface area contributed by atoms with Gasteiger partial charge >= 0.3 is 0 Å². The summed E-state index contributed by atoms with van der Waals surface area (Å²) in [6.45, 7) is 0. The lowest BCUT2D eigenvalue weighted by atomic mass is 10.2. The molecule has 0 saturated heterocycles. The van der Waals surface area contributed by atoms with Gasteiger partial charge in [-0.15, -0.1) is 0 Å². The molecule has 3 nitrogen and oxygen atoms in total. The zero-order valence-corrected chi connectivity index (χ0v) is 9.81. The van der Waals surface area contributed by atoms with Crippen LogP contribution in [-0.2, 0) is 9.84 Å². The number of benzene rings is 2. The Bertz CT molecular complexity index is 639. The Kier molecular flexibility index (Phi) is 2.03. The summed E-state index contributed by atoms with van der Waals surface area (Å²) in [5.74, 6) is 0. The molecule has 0 aliphatic carbocycles. The number of anilines is 2. The molecule has 0 unspecified atom stereocenters. The third-order valence-corrected chi connectivity index (χ3v) is 4.74. The summed E-state index contributed by atoms with van der Waals surface area (Å²) in [6.07, 6.45) is 0. The van der Waals surface area contributed by atoms with E-state index in [1.54, 1.807) is 53.4 Å². The van der Waals surface area contributed by atoms with Gasteiger partial charge in [-0.3, -0.25) is 7.05 Å². The molecule has 0 radical (unpaired) electrons. The van der Waals surface area contributed by atoms with Crippen molar-refractivity contribution in [3.8, 4) is 0 Å². The molecule has 1 aliphatic rings. The average molecular weight is 244 g/mol. The fourth-order valence-corrected chi connectivity index (χ4v) is 3.72. The molecule has 0 atom stereocenters. The molecule has 0 amide bonds. The van der Waals surface area contributed by atoms with E-state index in [1.807, 2.05) is 0 Å². The zero-order valence-electron chi connectivity index (χ0n) is 9.00. The number of fused-ring (bicyclic) bond motifs is 2. The van der Waals surface area contributed by atoms with Gasteiger partial charge in [-0.2, -0.15) is 0 Å². The number of para-hydroxylation sites is 2. The van der Waals surface area contributed by atoms with Gasteiger partial charge in [0.2, 0.25) is 9.84 Å². The summed E-state index contributed by atoms with van der Waals surface area (Å²) >= 11 is 0. The predicted molar refractivity (Wildman–Crippen MR) is 65.8 cm³/mol. The van der Waals surface area contributed by atoms with E-state index in [0.717, 1.165) is 0 Å². The molecule has 1 heterocycles. The van der Waals surface area contributed by atoms with Crippen molar-refractivity contribution >= 4 is 21.2 Å². The van der Waals surface area contributed by atoms with E-state index in [2.05, 4.69) is 7.05 Å². The van der Waals surface area contributed by atoms with Crippen molar-refractivity contribution in [3.05, 3.63) is 55.6 Å². The van der Waals surface area contributed by atoms with Gasteiger partial charge in [0.15, 0.2) is 0 Å². The lowest BCUT2D eigenvalue weighted by Gasteiger charge is -2.35. The minimum Gasteiger partial charge on any atom is -0.495 e. The maximum Gasteiger partial charge on any atom is 0.210 e. The van der Waals surface area contributed by atoms with Crippen LogP contribution in [0.25, 0.3) is 0 Å². The first-order valence-electron chi connectivity index (χ1n) is 5.16. The topological polar surface area (TPSA) is 37.4 Å². The van der Waals surface area contributed by atoms with E-state index < -0.39 is 9.84 Å². The van der Waals surface area contributed by atoms with E-state index in [-0.39, 0.29) is 0 Å². The first-order valence-corrected chi connectivity index (χ1v) is 6.64. The molecule has 0 bridgehead atoms. The van der Waals surface area contributed by atoms with Gasteiger partial charge in [-0.1, -0.05) is 24.3 Å². The van der Waals surface area contributed by atoms with Crippen LogP contribution in [0.15, 0.2) is 58.3 Å². The number of hydrogen-bond donors (Lipinski definition) is 0. The number of rotatable bonds is 0. The van der Waals surface area contributed by atoms with Crippen LogP contribution in [0.3, 0.4) is 0 Å². The Morgan fingerprint density at radius 1 is 0.824 bits per heavy atom. The van der Waals surface area contributed by atoms with E-state index in [1.165, 1.54) is 0 Å². The maximum absolute atomic E-state index is 12.4. The van der Waals surface area contributed by atoms with E-state index in [0.29, 0.717) is 21.2 Å². The SMILES string of the molecule is [CH2-]N1c2ccccc2S(=O)(=O)c2ccccc21. The van der Waals surface area contributed by atoms with E-state index >= 15 is 0 Å². The first kappa shape index (κ1) is 10.4. The Hall–Kier alpha value is -1.81. The van der Waals surface area contributed by atoms with Crippen molar-refractivity contribution in [1.82, 2.24) is 0 Å². The number of nitrogens with zero attached hydrogens (tertiary/aromatic N) is 1. The molecule has 2 aromatic carbocycles. The predicted octanol–water partition coefficient (Wildman–Crippen LogP) is 2.76. The monoisotopic (exact) mass is 244 g/mol. The van der Waals surface area contributed by atoms with Crippen molar-refractivity contribution in [3.63, 3.8) is 0 Å². The number of hydrogen-bond acceptors (Lipinski definition) is 3. The molecule has 0 spiro atoms. The van der Waals surface area contributed by atoms with Gasteiger partial charge < -0.3 is 4.90 Å². The largest absolute Gasteiger partial charge is 0.495 e. The van der Waals surface area contributed by atoms with Crippen LogP contribution in [0.2, 0.25) is 0 Å². The van der Waals surface area contributed by atoms with Crippen LogP contribution >= 0.6 is 0 Å². The molecule has 4 heteroatoms. The maximum atomic E-state index is 12.4. The van der Waals surface area contributed by atoms with Gasteiger partial charge in [0.05, 0.1) is 9.79 Å². The summed E-state index contributed by atoms with van der Waals surface area (Å²) in [5.41, 5.74) is 1.23. The molecule has 1 aliphatic heterocycles. The standard InChI is InChI=1S/C13H10NO2S/c1-14-10-6-2-4-8-12(10)17(15,16)13-9-5-3-7-11(13)14/h2-9H,1H2/q-1. The molecule has 0 fully saturated rings. The van der Waals surface area contributed by atoms with Crippen LogP contribution < -0.4 is 4.90 Å².